The number of benzene rings is 3. The van der Waals surface area contributed by atoms with Crippen molar-refractivity contribution in [1.29, 1.82) is 0 Å². The van der Waals surface area contributed by atoms with Gasteiger partial charge in [0, 0.05) is 31.9 Å². The predicted octanol–water partition coefficient (Wildman–Crippen LogP) is 3.22. The Hall–Kier alpha value is -3.89. The normalized spacial score (nSPS) is 15.0. The van der Waals surface area contributed by atoms with Gasteiger partial charge in [0.05, 0.1) is 16.0 Å². The molecule has 37 heavy (non-hydrogen) atoms. The van der Waals surface area contributed by atoms with E-state index in [1.807, 2.05) is 30.3 Å². The number of nitrogens with one attached hydrogen (secondary N) is 2. The zero-order valence-corrected chi connectivity index (χ0v) is 21.2. The van der Waals surface area contributed by atoms with Crippen LogP contribution in [0.3, 0.4) is 0 Å². The monoisotopic (exact) mass is 518 g/mol. The highest BCUT2D eigenvalue weighted by Crippen LogP contribution is 2.22. The van der Waals surface area contributed by atoms with E-state index in [1.165, 1.54) is 0 Å². The van der Waals surface area contributed by atoms with E-state index in [-0.39, 0.29) is 4.90 Å². The minimum Gasteiger partial charge on any atom is -0.366 e. The Bertz CT molecular complexity index is 1490. The van der Waals surface area contributed by atoms with Crippen LogP contribution < -0.4 is 15.4 Å². The van der Waals surface area contributed by atoms with E-state index in [9.17, 15) is 13.2 Å². The van der Waals surface area contributed by atoms with E-state index >= 15 is 0 Å². The number of aromatic nitrogens is 2. The van der Waals surface area contributed by atoms with Crippen LogP contribution in [-0.2, 0) is 16.4 Å². The molecule has 1 aliphatic rings. The second-order valence-electron chi connectivity index (χ2n) is 9.17. The van der Waals surface area contributed by atoms with Gasteiger partial charge in [-0.25, -0.2) is 13.4 Å². The molecule has 1 fully saturated rings. The third-order valence-electron chi connectivity index (χ3n) is 6.63. The molecule has 2 heterocycles. The maximum absolute atomic E-state index is 12.5. The average Bonchev–Trinajstić information content (AvgIpc) is 3.20. The molecular formula is C27H30N6O3S. The van der Waals surface area contributed by atoms with Gasteiger partial charge in [-0.05, 0) is 61.3 Å². The summed E-state index contributed by atoms with van der Waals surface area (Å²) in [6.45, 7) is 4.49. The zero-order valence-electron chi connectivity index (χ0n) is 20.4. The number of imidazole rings is 1. The molecule has 0 radical (unpaired) electrons. The fourth-order valence-corrected chi connectivity index (χ4v) is 5.69. The van der Waals surface area contributed by atoms with E-state index < -0.39 is 15.9 Å². The van der Waals surface area contributed by atoms with Gasteiger partial charge in [-0.1, -0.05) is 36.4 Å². The van der Waals surface area contributed by atoms with Crippen molar-refractivity contribution in [1.82, 2.24) is 14.9 Å². The Morgan fingerprint density at radius 2 is 1.73 bits per heavy atom. The van der Waals surface area contributed by atoms with Gasteiger partial charge in [0.25, 0.3) is 15.9 Å². The maximum Gasteiger partial charge on any atom is 0.261 e. The zero-order chi connectivity index (χ0) is 25.8. The Morgan fingerprint density at radius 1 is 0.946 bits per heavy atom. The molecule has 1 amide bonds. The van der Waals surface area contributed by atoms with Gasteiger partial charge in [-0.15, -0.1) is 0 Å². The molecule has 0 aliphatic carbocycles. The molecule has 4 aromatic rings. The van der Waals surface area contributed by atoms with E-state index in [1.54, 1.807) is 42.5 Å². The molecule has 1 saturated heterocycles. The van der Waals surface area contributed by atoms with Crippen LogP contribution in [0.2, 0.25) is 0 Å². The topological polar surface area (TPSA) is 124 Å². The molecule has 0 atom stereocenters. The van der Waals surface area contributed by atoms with E-state index in [0.717, 1.165) is 62.6 Å². The van der Waals surface area contributed by atoms with Gasteiger partial charge in [-0.2, -0.15) is 0 Å². The van der Waals surface area contributed by atoms with Crippen LogP contribution in [-0.4, -0.2) is 61.9 Å². The minimum atomic E-state index is -3.60. The number of rotatable bonds is 8. The van der Waals surface area contributed by atoms with Gasteiger partial charge in [0.15, 0.2) is 0 Å². The van der Waals surface area contributed by atoms with Gasteiger partial charge >= 0.3 is 0 Å². The summed E-state index contributed by atoms with van der Waals surface area (Å²) in [5, 5.41) is 0. The SMILES string of the molecule is NC(=O)c1cccc2[nH]c(N3CCCN(CCc4ccc(NS(=O)(=O)c5ccccc5)cc4)CC3)nc12. The first-order valence-electron chi connectivity index (χ1n) is 12.3. The van der Waals surface area contributed by atoms with E-state index in [0.29, 0.717) is 16.8 Å². The van der Waals surface area contributed by atoms with Crippen molar-refractivity contribution in [3.05, 3.63) is 83.9 Å². The molecule has 0 saturated carbocycles. The van der Waals surface area contributed by atoms with Crippen LogP contribution in [0.5, 0.6) is 0 Å². The largest absolute Gasteiger partial charge is 0.366 e. The number of carbonyl (C=O) groups excluding carboxylic acids is 1. The first-order chi connectivity index (χ1) is 17.9. The molecule has 0 bridgehead atoms. The van der Waals surface area contributed by atoms with Crippen molar-refractivity contribution >= 4 is 38.6 Å². The van der Waals surface area contributed by atoms with E-state index in [4.69, 9.17) is 5.73 Å². The summed E-state index contributed by atoms with van der Waals surface area (Å²) in [6, 6.07) is 21.3. The number of nitrogens with zero attached hydrogens (tertiary/aromatic N) is 3. The average molecular weight is 519 g/mol. The molecule has 10 heteroatoms. The summed E-state index contributed by atoms with van der Waals surface area (Å²) in [4.78, 5) is 24.6. The summed E-state index contributed by atoms with van der Waals surface area (Å²) in [6.07, 6.45) is 1.87. The number of hydrogen-bond acceptors (Lipinski definition) is 6. The molecule has 4 N–H and O–H groups in total. The van der Waals surface area contributed by atoms with Crippen molar-refractivity contribution in [3.8, 4) is 0 Å². The number of H-pyrrole nitrogens is 1. The standard InChI is InChI=1S/C27H30N6O3S/c28-26(34)23-8-4-9-24-25(23)30-27(29-24)33-16-5-15-32(18-19-33)17-14-20-10-12-21(13-11-20)31-37(35,36)22-6-2-1-3-7-22/h1-4,6-13,31H,5,14-19H2,(H2,28,34)(H,29,30). The third-order valence-corrected chi connectivity index (χ3v) is 8.03. The van der Waals surface area contributed by atoms with Crippen LogP contribution in [0.1, 0.15) is 22.3 Å². The number of aromatic amines is 1. The fourth-order valence-electron chi connectivity index (χ4n) is 4.61. The smallest absolute Gasteiger partial charge is 0.261 e. The number of sulfonamides is 1. The summed E-state index contributed by atoms with van der Waals surface area (Å²) in [5.74, 6) is 0.284. The summed E-state index contributed by atoms with van der Waals surface area (Å²) >= 11 is 0. The van der Waals surface area contributed by atoms with Crippen LogP contribution >= 0.6 is 0 Å². The Balaban J connectivity index is 1.16. The molecule has 9 nitrogen and oxygen atoms in total. The van der Waals surface area contributed by atoms with Gasteiger partial charge in [-0.3, -0.25) is 9.52 Å². The summed E-state index contributed by atoms with van der Waals surface area (Å²) in [5.41, 5.74) is 9.05. The highest BCUT2D eigenvalue weighted by molar-refractivity contribution is 7.92. The van der Waals surface area contributed by atoms with Crippen molar-refractivity contribution in [2.24, 2.45) is 5.73 Å². The molecule has 5 rings (SSSR count). The molecule has 1 aromatic heterocycles. The number of hydrogen-bond donors (Lipinski definition) is 3. The molecule has 0 unspecified atom stereocenters. The van der Waals surface area contributed by atoms with Crippen molar-refractivity contribution < 1.29 is 13.2 Å². The second kappa shape index (κ2) is 10.6. The molecule has 1 aliphatic heterocycles. The quantitative estimate of drug-likeness (QED) is 0.329. The number of fused-ring (bicyclic) bond motifs is 1. The summed E-state index contributed by atoms with van der Waals surface area (Å²) in [7, 11) is -3.60. The first kappa shape index (κ1) is 24.8. The Morgan fingerprint density at radius 3 is 2.49 bits per heavy atom. The van der Waals surface area contributed by atoms with Crippen LogP contribution in [0.15, 0.2) is 77.7 Å². The van der Waals surface area contributed by atoms with Crippen LogP contribution in [0.25, 0.3) is 11.0 Å². The van der Waals surface area contributed by atoms with Gasteiger partial charge in [0.2, 0.25) is 5.95 Å². The first-order valence-corrected chi connectivity index (χ1v) is 13.8. The van der Waals surface area contributed by atoms with Crippen molar-refractivity contribution in [3.63, 3.8) is 0 Å². The number of nitrogens with two attached hydrogens (primary N) is 1. The lowest BCUT2D eigenvalue weighted by molar-refractivity contribution is 0.100. The lowest BCUT2D eigenvalue weighted by Crippen LogP contribution is -2.32. The number of carbonyl (C=O) groups is 1. The minimum absolute atomic E-state index is 0.241. The fraction of sp³-hybridized carbons (Fsp3) is 0.259. The van der Waals surface area contributed by atoms with Crippen LogP contribution in [0, 0.1) is 0 Å². The predicted molar refractivity (Wildman–Crippen MR) is 145 cm³/mol. The molecule has 192 valence electrons. The van der Waals surface area contributed by atoms with Crippen molar-refractivity contribution in [2.75, 3.05) is 42.3 Å². The Kier molecular flexibility index (Phi) is 7.11. The van der Waals surface area contributed by atoms with Crippen molar-refractivity contribution in [2.45, 2.75) is 17.7 Å². The lowest BCUT2D eigenvalue weighted by atomic mass is 10.1. The molecule has 3 aromatic carbocycles. The lowest BCUT2D eigenvalue weighted by Gasteiger charge is -2.21. The summed E-state index contributed by atoms with van der Waals surface area (Å²) < 4.78 is 27.7. The number of anilines is 2. The van der Waals surface area contributed by atoms with Crippen LogP contribution in [0.4, 0.5) is 11.6 Å². The Labute approximate surface area is 216 Å². The number of para-hydroxylation sites is 1. The number of amides is 1. The maximum atomic E-state index is 12.5. The van der Waals surface area contributed by atoms with Gasteiger partial charge < -0.3 is 20.5 Å². The highest BCUT2D eigenvalue weighted by Gasteiger charge is 2.19. The highest BCUT2D eigenvalue weighted by atomic mass is 32.2. The molecular weight excluding hydrogens is 488 g/mol. The molecule has 0 spiro atoms. The van der Waals surface area contributed by atoms with E-state index in [2.05, 4.69) is 24.5 Å². The number of primary amides is 1. The van der Waals surface area contributed by atoms with Gasteiger partial charge in [0.1, 0.15) is 5.52 Å². The second-order valence-corrected chi connectivity index (χ2v) is 10.9. The third kappa shape index (κ3) is 5.76.